The first-order chi connectivity index (χ1) is 13.7. The predicted octanol–water partition coefficient (Wildman–Crippen LogP) is 5.15. The van der Waals surface area contributed by atoms with Gasteiger partial charge in [-0.15, -0.1) is 0 Å². The summed E-state index contributed by atoms with van der Waals surface area (Å²) in [5.41, 5.74) is 3.74. The van der Waals surface area contributed by atoms with E-state index in [0.29, 0.717) is 0 Å². The van der Waals surface area contributed by atoms with Crippen LogP contribution in [0.1, 0.15) is 29.3 Å². The first kappa shape index (κ1) is 18.9. The maximum absolute atomic E-state index is 6.15. The van der Waals surface area contributed by atoms with Gasteiger partial charge in [-0.2, -0.15) is 0 Å². The van der Waals surface area contributed by atoms with Crippen molar-refractivity contribution in [2.75, 3.05) is 20.8 Å². The van der Waals surface area contributed by atoms with Crippen LogP contribution < -0.4 is 9.47 Å². The minimum atomic E-state index is 0.173. The van der Waals surface area contributed by atoms with Crippen LogP contribution in [0.4, 0.5) is 0 Å². The summed E-state index contributed by atoms with van der Waals surface area (Å²) in [6, 6.07) is 18.8. The molecule has 0 N–H and O–H groups in total. The molecule has 3 aromatic rings. The normalized spacial score (nSPS) is 17.0. The fourth-order valence-corrected chi connectivity index (χ4v) is 4.15. The number of ether oxygens (including phenoxy) is 2. The quantitative estimate of drug-likeness (QED) is 0.596. The van der Waals surface area contributed by atoms with Gasteiger partial charge in [0.05, 0.1) is 20.3 Å². The minimum absolute atomic E-state index is 0.173. The molecule has 4 rings (SSSR count). The van der Waals surface area contributed by atoms with Crippen LogP contribution in [-0.2, 0) is 13.1 Å². The Morgan fingerprint density at radius 1 is 0.964 bits per heavy atom. The van der Waals surface area contributed by atoms with Crippen molar-refractivity contribution in [3.8, 4) is 11.5 Å². The molecule has 0 spiro atoms. The largest absolute Gasteiger partial charge is 0.497 e. The molecule has 0 radical (unpaired) electrons. The van der Waals surface area contributed by atoms with Gasteiger partial charge >= 0.3 is 0 Å². The first-order valence-electron chi connectivity index (χ1n) is 9.54. The highest BCUT2D eigenvalue weighted by molar-refractivity contribution is 6.30. The molecular formula is C23H25ClN2O2. The summed E-state index contributed by atoms with van der Waals surface area (Å²) in [4.78, 5) is 2.52. The molecule has 4 nitrogen and oxygen atoms in total. The molecule has 28 heavy (non-hydrogen) atoms. The second-order valence-corrected chi connectivity index (χ2v) is 7.56. The van der Waals surface area contributed by atoms with E-state index in [9.17, 15) is 0 Å². The van der Waals surface area contributed by atoms with Crippen LogP contribution >= 0.6 is 11.6 Å². The van der Waals surface area contributed by atoms with Gasteiger partial charge in [-0.05, 0) is 53.9 Å². The van der Waals surface area contributed by atoms with E-state index in [0.717, 1.165) is 42.6 Å². The topological polar surface area (TPSA) is 26.6 Å². The number of aromatic nitrogens is 1. The van der Waals surface area contributed by atoms with E-state index < -0.39 is 0 Å². The van der Waals surface area contributed by atoms with Gasteiger partial charge in [-0.25, -0.2) is 0 Å². The van der Waals surface area contributed by atoms with Crippen molar-refractivity contribution in [3.63, 3.8) is 0 Å². The van der Waals surface area contributed by atoms with E-state index in [2.05, 4.69) is 52.1 Å². The third-order valence-electron chi connectivity index (χ3n) is 5.34. The maximum atomic E-state index is 6.15. The summed E-state index contributed by atoms with van der Waals surface area (Å²) in [7, 11) is 3.38. The van der Waals surface area contributed by atoms with Gasteiger partial charge in [0, 0.05) is 42.6 Å². The van der Waals surface area contributed by atoms with Crippen LogP contribution in [0.15, 0.2) is 60.8 Å². The molecule has 1 atom stereocenters. The summed E-state index contributed by atoms with van der Waals surface area (Å²) in [6.45, 7) is 2.85. The van der Waals surface area contributed by atoms with Crippen molar-refractivity contribution in [2.24, 2.45) is 0 Å². The van der Waals surface area contributed by atoms with Crippen LogP contribution in [0.3, 0.4) is 0 Å². The maximum Gasteiger partial charge on any atom is 0.122 e. The van der Waals surface area contributed by atoms with Crippen LogP contribution in [0.2, 0.25) is 5.02 Å². The Labute approximate surface area is 171 Å². The van der Waals surface area contributed by atoms with Crippen molar-refractivity contribution in [2.45, 2.75) is 25.6 Å². The first-order valence-corrected chi connectivity index (χ1v) is 9.92. The van der Waals surface area contributed by atoms with E-state index in [1.54, 1.807) is 14.2 Å². The Balaban J connectivity index is 1.72. The highest BCUT2D eigenvalue weighted by Gasteiger charge is 2.27. The Bertz CT molecular complexity index is 914. The van der Waals surface area contributed by atoms with Gasteiger partial charge in [0.1, 0.15) is 11.5 Å². The van der Waals surface area contributed by atoms with Gasteiger partial charge in [0.15, 0.2) is 0 Å². The number of rotatable bonds is 5. The van der Waals surface area contributed by atoms with E-state index in [1.807, 2.05) is 18.2 Å². The number of hydrogen-bond acceptors (Lipinski definition) is 3. The van der Waals surface area contributed by atoms with Crippen molar-refractivity contribution < 1.29 is 9.47 Å². The zero-order valence-electron chi connectivity index (χ0n) is 16.3. The molecular weight excluding hydrogens is 372 g/mol. The van der Waals surface area contributed by atoms with Crippen LogP contribution in [-0.4, -0.2) is 30.2 Å². The predicted molar refractivity (Wildman–Crippen MR) is 112 cm³/mol. The lowest BCUT2D eigenvalue weighted by molar-refractivity contribution is 0.220. The molecule has 1 aliphatic heterocycles. The molecule has 0 aliphatic carbocycles. The summed E-state index contributed by atoms with van der Waals surface area (Å²) >= 11 is 6.15. The van der Waals surface area contributed by atoms with Gasteiger partial charge in [0.25, 0.3) is 0 Å². The molecule has 0 saturated carbocycles. The molecule has 1 aliphatic rings. The second kappa shape index (κ2) is 8.29. The SMILES string of the molecule is COc1cc(CN2CCCn3cccc3[C@H]2c2ccc(Cl)cc2)cc(OC)c1. The summed E-state index contributed by atoms with van der Waals surface area (Å²) in [5.74, 6) is 1.63. The van der Waals surface area contributed by atoms with Crippen molar-refractivity contribution in [3.05, 3.63) is 82.6 Å². The zero-order chi connectivity index (χ0) is 19.5. The van der Waals surface area contributed by atoms with Crippen molar-refractivity contribution in [1.29, 1.82) is 0 Å². The van der Waals surface area contributed by atoms with Gasteiger partial charge < -0.3 is 14.0 Å². The third kappa shape index (κ3) is 3.89. The molecule has 0 fully saturated rings. The average Bonchev–Trinajstić information content (AvgIpc) is 3.10. The lowest BCUT2D eigenvalue weighted by Gasteiger charge is -2.31. The minimum Gasteiger partial charge on any atom is -0.497 e. The zero-order valence-corrected chi connectivity index (χ0v) is 17.0. The Morgan fingerprint density at radius 3 is 2.36 bits per heavy atom. The Kier molecular flexibility index (Phi) is 5.60. The third-order valence-corrected chi connectivity index (χ3v) is 5.59. The Morgan fingerprint density at radius 2 is 1.68 bits per heavy atom. The highest BCUT2D eigenvalue weighted by Crippen LogP contribution is 2.34. The number of aryl methyl sites for hydroxylation is 1. The molecule has 5 heteroatoms. The van der Waals surface area contributed by atoms with E-state index in [4.69, 9.17) is 21.1 Å². The van der Waals surface area contributed by atoms with E-state index >= 15 is 0 Å². The smallest absolute Gasteiger partial charge is 0.122 e. The van der Waals surface area contributed by atoms with Crippen LogP contribution in [0, 0.1) is 0 Å². The fourth-order valence-electron chi connectivity index (χ4n) is 4.03. The van der Waals surface area contributed by atoms with E-state index in [-0.39, 0.29) is 6.04 Å². The van der Waals surface area contributed by atoms with E-state index in [1.165, 1.54) is 16.8 Å². The fraction of sp³-hybridized carbons (Fsp3) is 0.304. The molecule has 2 aromatic carbocycles. The molecule has 1 aromatic heterocycles. The summed E-state index contributed by atoms with van der Waals surface area (Å²) < 4.78 is 13.3. The molecule has 146 valence electrons. The lowest BCUT2D eigenvalue weighted by Crippen LogP contribution is -2.29. The molecule has 0 amide bonds. The number of methoxy groups -OCH3 is 2. The number of nitrogens with zero attached hydrogens (tertiary/aromatic N) is 2. The number of halogens is 1. The lowest BCUT2D eigenvalue weighted by atomic mass is 10.0. The van der Waals surface area contributed by atoms with Gasteiger partial charge in [0.2, 0.25) is 0 Å². The molecule has 2 heterocycles. The van der Waals surface area contributed by atoms with Crippen LogP contribution in [0.25, 0.3) is 0 Å². The number of benzene rings is 2. The Hall–Kier alpha value is -2.43. The van der Waals surface area contributed by atoms with Crippen molar-refractivity contribution >= 4 is 11.6 Å². The molecule has 0 bridgehead atoms. The van der Waals surface area contributed by atoms with Crippen LogP contribution in [0.5, 0.6) is 11.5 Å². The number of hydrogen-bond donors (Lipinski definition) is 0. The second-order valence-electron chi connectivity index (χ2n) is 7.13. The summed E-state index contributed by atoms with van der Waals surface area (Å²) in [5, 5.41) is 0.761. The van der Waals surface area contributed by atoms with Crippen molar-refractivity contribution in [1.82, 2.24) is 9.47 Å². The standard InChI is InChI=1S/C23H25ClN2O2/c1-27-20-13-17(14-21(15-20)28-2)16-26-12-4-11-25-10-3-5-22(25)23(26)18-6-8-19(24)9-7-18/h3,5-10,13-15,23H,4,11-12,16H2,1-2H3/t23-/m1/s1. The van der Waals surface area contributed by atoms with Gasteiger partial charge in [-0.1, -0.05) is 23.7 Å². The summed E-state index contributed by atoms with van der Waals surface area (Å²) in [6.07, 6.45) is 3.28. The molecule has 0 saturated heterocycles. The van der Waals surface area contributed by atoms with Gasteiger partial charge in [-0.3, -0.25) is 4.90 Å². The monoisotopic (exact) mass is 396 g/mol. The molecule has 0 unspecified atom stereocenters. The number of fused-ring (bicyclic) bond motifs is 1. The highest BCUT2D eigenvalue weighted by atomic mass is 35.5. The average molecular weight is 397 g/mol.